The normalized spacial score (nSPS) is 18.4. The van der Waals surface area contributed by atoms with Crippen LogP contribution in [0, 0.1) is 0 Å². The van der Waals surface area contributed by atoms with Crippen LogP contribution in [0.1, 0.15) is 18.5 Å². The van der Waals surface area contributed by atoms with Gasteiger partial charge in [0, 0.05) is 0 Å². The largest absolute Gasteiger partial charge is 0.462 e. The van der Waals surface area contributed by atoms with Crippen LogP contribution in [0.4, 0.5) is 74.6 Å². The maximum absolute atomic E-state index is 14.5. The third-order valence-corrected chi connectivity index (χ3v) is 4.30. The first-order valence-electron chi connectivity index (χ1n) is 9.05. The van der Waals surface area contributed by atoms with Crippen LogP contribution in [0.25, 0.3) is 0 Å². The van der Waals surface area contributed by atoms with Gasteiger partial charge >= 0.3 is 48.4 Å². The topological polar surface area (TPSA) is 47.6 Å². The van der Waals surface area contributed by atoms with Gasteiger partial charge < -0.3 is 5.32 Å². The van der Waals surface area contributed by atoms with Crippen molar-refractivity contribution in [3.8, 4) is 0 Å². The number of alkyl halides is 17. The number of benzene rings is 1. The highest BCUT2D eigenvalue weighted by Gasteiger charge is 2.85. The number of amides is 1. The standard InChI is InChI=1S/C17H10F17NO3/c1-7(8-5-3-2-4-6-8)35-9(36)10(18,13(22,23)24)37-17(33,34)12(21,15(28,29)30)38-16(31,32)11(19,20)14(25,26)27/h2-7H,1H3,(H,35,36)/t7-,10+,12-/m1/s1. The van der Waals surface area contributed by atoms with Crippen molar-refractivity contribution in [2.75, 3.05) is 0 Å². The summed E-state index contributed by atoms with van der Waals surface area (Å²) in [6.07, 6.45) is -38.5. The summed E-state index contributed by atoms with van der Waals surface area (Å²) >= 11 is 0. The molecule has 0 aromatic heterocycles. The third kappa shape index (κ3) is 6.01. The van der Waals surface area contributed by atoms with Crippen molar-refractivity contribution in [2.45, 2.75) is 61.3 Å². The number of rotatable bonds is 9. The van der Waals surface area contributed by atoms with Gasteiger partial charge in [0.25, 0.3) is 5.91 Å². The highest BCUT2D eigenvalue weighted by atomic mass is 19.4. The molecule has 1 aromatic rings. The maximum atomic E-state index is 14.5. The minimum absolute atomic E-state index is 0.204. The Morgan fingerprint density at radius 2 is 1.11 bits per heavy atom. The molecule has 0 saturated heterocycles. The lowest BCUT2D eigenvalue weighted by Gasteiger charge is -2.40. The molecule has 0 bridgehead atoms. The molecular formula is C17H10F17NO3. The van der Waals surface area contributed by atoms with E-state index in [9.17, 15) is 79.4 Å². The second kappa shape index (κ2) is 9.87. The Kier molecular flexibility index (Phi) is 8.68. The Morgan fingerprint density at radius 3 is 1.47 bits per heavy atom. The van der Waals surface area contributed by atoms with Crippen LogP contribution >= 0.6 is 0 Å². The first-order valence-corrected chi connectivity index (χ1v) is 9.05. The van der Waals surface area contributed by atoms with Crippen molar-refractivity contribution in [2.24, 2.45) is 0 Å². The summed E-state index contributed by atoms with van der Waals surface area (Å²) in [6.45, 7) is 0.750. The summed E-state index contributed by atoms with van der Waals surface area (Å²) in [5.74, 6) is -26.1. The quantitative estimate of drug-likeness (QED) is 0.320. The molecule has 0 heterocycles. The van der Waals surface area contributed by atoms with E-state index in [0.717, 1.165) is 24.4 Å². The molecule has 1 amide bonds. The van der Waals surface area contributed by atoms with Crippen molar-refractivity contribution in [3.05, 3.63) is 35.9 Å². The Labute approximate surface area is 198 Å². The molecule has 0 unspecified atom stereocenters. The van der Waals surface area contributed by atoms with Crippen LogP contribution in [0.3, 0.4) is 0 Å². The van der Waals surface area contributed by atoms with Gasteiger partial charge in [0.05, 0.1) is 6.04 Å². The number of ether oxygens (including phenoxy) is 2. The Balaban J connectivity index is 3.58. The lowest BCUT2D eigenvalue weighted by atomic mass is 10.1. The maximum Gasteiger partial charge on any atom is 0.462 e. The lowest BCUT2D eigenvalue weighted by molar-refractivity contribution is -0.548. The molecule has 1 rings (SSSR count). The van der Waals surface area contributed by atoms with E-state index < -0.39 is 60.3 Å². The number of hydrogen-bond donors (Lipinski definition) is 1. The summed E-state index contributed by atoms with van der Waals surface area (Å²) in [5.41, 5.74) is -0.204. The molecular weight excluding hydrogens is 589 g/mol. The average Bonchev–Trinajstić information content (AvgIpc) is 2.70. The summed E-state index contributed by atoms with van der Waals surface area (Å²) in [6, 6.07) is 3.91. The molecule has 38 heavy (non-hydrogen) atoms. The number of nitrogens with one attached hydrogen (secondary N) is 1. The van der Waals surface area contributed by atoms with Crippen molar-refractivity contribution >= 4 is 5.91 Å². The van der Waals surface area contributed by atoms with Crippen molar-refractivity contribution in [1.82, 2.24) is 5.32 Å². The molecule has 4 nitrogen and oxygen atoms in total. The highest BCUT2D eigenvalue weighted by Crippen LogP contribution is 2.56. The summed E-state index contributed by atoms with van der Waals surface area (Å²) < 4.78 is 227. The first-order chi connectivity index (χ1) is 16.6. The molecule has 0 aliphatic carbocycles. The van der Waals surface area contributed by atoms with E-state index in [1.165, 1.54) is 22.9 Å². The van der Waals surface area contributed by atoms with Gasteiger partial charge in [0.1, 0.15) is 0 Å². The van der Waals surface area contributed by atoms with Crippen molar-refractivity contribution in [1.29, 1.82) is 0 Å². The minimum atomic E-state index is -8.05. The van der Waals surface area contributed by atoms with E-state index in [0.29, 0.717) is 0 Å². The SMILES string of the molecule is C[C@@H](NC(=O)[C@](F)(OC(F)(F)[C@](F)(OC(F)(F)C(F)(F)C(F)(F)F)C(F)(F)F)C(F)(F)F)c1ccccc1. The molecule has 0 aliphatic heterocycles. The summed E-state index contributed by atoms with van der Waals surface area (Å²) in [7, 11) is 0. The van der Waals surface area contributed by atoms with Gasteiger partial charge in [-0.05, 0) is 12.5 Å². The Morgan fingerprint density at radius 1 is 0.658 bits per heavy atom. The predicted octanol–water partition coefficient (Wildman–Crippen LogP) is 6.74. The summed E-state index contributed by atoms with van der Waals surface area (Å²) in [5, 5.41) is 0.995. The molecule has 0 radical (unpaired) electrons. The Bertz CT molecular complexity index is 975. The summed E-state index contributed by atoms with van der Waals surface area (Å²) in [4.78, 5) is 11.8. The van der Waals surface area contributed by atoms with Crippen molar-refractivity contribution in [3.63, 3.8) is 0 Å². The molecule has 0 saturated carbocycles. The zero-order valence-corrected chi connectivity index (χ0v) is 17.6. The van der Waals surface area contributed by atoms with Crippen LogP contribution in [0.15, 0.2) is 30.3 Å². The Hall–Kier alpha value is -2.58. The van der Waals surface area contributed by atoms with Crippen LogP contribution in [0.5, 0.6) is 0 Å². The van der Waals surface area contributed by atoms with E-state index in [1.807, 2.05) is 4.74 Å². The smallest absolute Gasteiger partial charge is 0.344 e. The molecule has 3 atom stereocenters. The molecule has 0 spiro atoms. The van der Waals surface area contributed by atoms with E-state index in [2.05, 4.69) is 0 Å². The molecule has 1 aromatic carbocycles. The van der Waals surface area contributed by atoms with E-state index >= 15 is 0 Å². The fourth-order valence-corrected chi connectivity index (χ4v) is 2.28. The van der Waals surface area contributed by atoms with Gasteiger partial charge in [-0.25, -0.2) is 0 Å². The zero-order chi connectivity index (χ0) is 30.4. The molecule has 220 valence electrons. The van der Waals surface area contributed by atoms with Gasteiger partial charge in [-0.2, -0.15) is 74.6 Å². The van der Waals surface area contributed by atoms with Gasteiger partial charge in [0.2, 0.25) is 0 Å². The average molecular weight is 599 g/mol. The van der Waals surface area contributed by atoms with E-state index in [4.69, 9.17) is 0 Å². The van der Waals surface area contributed by atoms with Crippen LogP contribution in [-0.2, 0) is 14.3 Å². The zero-order valence-electron chi connectivity index (χ0n) is 17.6. The van der Waals surface area contributed by atoms with E-state index in [-0.39, 0.29) is 5.56 Å². The van der Waals surface area contributed by atoms with E-state index in [1.54, 1.807) is 0 Å². The predicted molar refractivity (Wildman–Crippen MR) is 85.9 cm³/mol. The number of carbonyl (C=O) groups excluding carboxylic acids is 1. The fourth-order valence-electron chi connectivity index (χ4n) is 2.28. The fraction of sp³-hybridized carbons (Fsp3) is 0.588. The molecule has 1 N–H and O–H groups in total. The number of carbonyl (C=O) groups is 1. The minimum Gasteiger partial charge on any atom is -0.344 e. The second-order valence-electron chi connectivity index (χ2n) is 7.10. The van der Waals surface area contributed by atoms with Crippen LogP contribution in [-0.4, -0.2) is 54.3 Å². The molecule has 0 aliphatic rings. The van der Waals surface area contributed by atoms with Crippen LogP contribution < -0.4 is 5.32 Å². The van der Waals surface area contributed by atoms with Gasteiger partial charge in [-0.3, -0.25) is 14.3 Å². The number of hydrogen-bond acceptors (Lipinski definition) is 3. The molecule has 21 heteroatoms. The molecule has 0 fully saturated rings. The lowest BCUT2D eigenvalue weighted by Crippen LogP contribution is -2.68. The van der Waals surface area contributed by atoms with Crippen LogP contribution in [0.2, 0.25) is 0 Å². The highest BCUT2D eigenvalue weighted by molar-refractivity contribution is 5.85. The first kappa shape index (κ1) is 33.4. The van der Waals surface area contributed by atoms with Gasteiger partial charge in [-0.1, -0.05) is 30.3 Å². The van der Waals surface area contributed by atoms with Crippen molar-refractivity contribution < 1.29 is 88.9 Å². The monoisotopic (exact) mass is 599 g/mol. The number of halogens is 17. The third-order valence-electron chi connectivity index (χ3n) is 4.30. The van der Waals surface area contributed by atoms with Gasteiger partial charge in [0.15, 0.2) is 0 Å². The second-order valence-corrected chi connectivity index (χ2v) is 7.10. The van der Waals surface area contributed by atoms with Gasteiger partial charge in [-0.15, -0.1) is 0 Å².